The van der Waals surface area contributed by atoms with Gasteiger partial charge in [0.15, 0.2) is 0 Å². The molecular weight excluding hydrogens is 294 g/mol. The van der Waals surface area contributed by atoms with Crippen LogP contribution < -0.4 is 10.5 Å². The minimum Gasteiger partial charge on any atom is -0.385 e. The summed E-state index contributed by atoms with van der Waals surface area (Å²) < 4.78 is 11.3. The highest BCUT2D eigenvalue weighted by molar-refractivity contribution is 7.82. The van der Waals surface area contributed by atoms with Gasteiger partial charge >= 0.3 is 0 Å². The van der Waals surface area contributed by atoms with Crippen LogP contribution in [0, 0.1) is 11.3 Å². The maximum atomic E-state index is 11.3. The minimum atomic E-state index is -1.40. The number of nitrogens with zero attached hydrogens (tertiary/aromatic N) is 1. The second-order valence-electron chi connectivity index (χ2n) is 6.39. The maximum Gasteiger partial charge on any atom is 0.122 e. The van der Waals surface area contributed by atoms with Crippen molar-refractivity contribution in [3.05, 3.63) is 54.4 Å². The quantitative estimate of drug-likeness (QED) is 0.891. The zero-order valence-electron chi connectivity index (χ0n) is 12.8. The lowest BCUT2D eigenvalue weighted by atomic mass is 10.0. The van der Waals surface area contributed by atoms with Gasteiger partial charge in [0.25, 0.3) is 0 Å². The Morgan fingerprint density at radius 3 is 2.41 bits per heavy atom. The van der Waals surface area contributed by atoms with Gasteiger partial charge in [-0.2, -0.15) is 0 Å². The van der Waals surface area contributed by atoms with E-state index in [9.17, 15) is 4.21 Å². The highest BCUT2D eigenvalue weighted by Gasteiger charge is 2.57. The van der Waals surface area contributed by atoms with E-state index in [1.165, 1.54) is 5.56 Å². The minimum absolute atomic E-state index is 0.267. The Kier molecular flexibility index (Phi) is 4.02. The van der Waals surface area contributed by atoms with Gasteiger partial charge in [-0.15, -0.1) is 0 Å². The number of pyridine rings is 1. The molecule has 1 aliphatic rings. The van der Waals surface area contributed by atoms with Gasteiger partial charge in [0.2, 0.25) is 0 Å². The average molecular weight is 315 g/mol. The number of anilines is 1. The van der Waals surface area contributed by atoms with Crippen molar-refractivity contribution < 1.29 is 4.21 Å². The van der Waals surface area contributed by atoms with Crippen LogP contribution in [-0.4, -0.2) is 15.7 Å². The van der Waals surface area contributed by atoms with Gasteiger partial charge in [0, 0.05) is 24.6 Å². The first-order valence-electron chi connectivity index (χ1n) is 7.40. The Morgan fingerprint density at radius 1 is 1.18 bits per heavy atom. The SMILES string of the molecule is CC1(C)C(CNc2ccncc2)C1c1ccc(S(N)=O)cc1. The van der Waals surface area contributed by atoms with E-state index in [1.807, 2.05) is 24.3 Å². The van der Waals surface area contributed by atoms with Gasteiger partial charge < -0.3 is 5.32 Å². The molecule has 3 atom stereocenters. The first-order valence-corrected chi connectivity index (χ1v) is 8.61. The van der Waals surface area contributed by atoms with Crippen molar-refractivity contribution in [1.82, 2.24) is 4.98 Å². The van der Waals surface area contributed by atoms with Gasteiger partial charge in [-0.25, -0.2) is 9.35 Å². The van der Waals surface area contributed by atoms with Gasteiger partial charge in [0.05, 0.1) is 4.90 Å². The molecule has 3 rings (SSSR count). The fourth-order valence-corrected chi connectivity index (χ4v) is 3.70. The highest BCUT2D eigenvalue weighted by atomic mass is 32.2. The molecule has 2 aromatic rings. The van der Waals surface area contributed by atoms with Crippen LogP contribution in [0.2, 0.25) is 0 Å². The molecule has 0 spiro atoms. The van der Waals surface area contributed by atoms with Crippen molar-refractivity contribution >= 4 is 16.7 Å². The van der Waals surface area contributed by atoms with Crippen LogP contribution in [0.25, 0.3) is 0 Å². The largest absolute Gasteiger partial charge is 0.385 e. The number of hydrogen-bond donors (Lipinski definition) is 2. The van der Waals surface area contributed by atoms with Gasteiger partial charge in [-0.05, 0) is 47.1 Å². The lowest BCUT2D eigenvalue weighted by Crippen LogP contribution is -2.07. The third kappa shape index (κ3) is 2.91. The Labute approximate surface area is 133 Å². The van der Waals surface area contributed by atoms with Crippen molar-refractivity contribution in [3.63, 3.8) is 0 Å². The maximum absolute atomic E-state index is 11.3. The monoisotopic (exact) mass is 315 g/mol. The predicted molar refractivity (Wildman–Crippen MR) is 89.8 cm³/mol. The van der Waals surface area contributed by atoms with E-state index in [2.05, 4.69) is 36.3 Å². The summed E-state index contributed by atoms with van der Waals surface area (Å²) in [4.78, 5) is 4.70. The Bertz CT molecular complexity index is 670. The van der Waals surface area contributed by atoms with Gasteiger partial charge in [-0.3, -0.25) is 4.98 Å². The van der Waals surface area contributed by atoms with E-state index < -0.39 is 11.0 Å². The average Bonchev–Trinajstić information content (AvgIpc) is 3.07. The molecule has 4 nitrogen and oxygen atoms in total. The summed E-state index contributed by atoms with van der Waals surface area (Å²) in [5, 5.41) is 8.89. The van der Waals surface area contributed by atoms with Crippen LogP contribution in [0.15, 0.2) is 53.7 Å². The molecule has 0 amide bonds. The summed E-state index contributed by atoms with van der Waals surface area (Å²) in [5.41, 5.74) is 2.66. The van der Waals surface area contributed by atoms with E-state index in [-0.39, 0.29) is 5.41 Å². The van der Waals surface area contributed by atoms with Crippen LogP contribution in [0.4, 0.5) is 5.69 Å². The van der Waals surface area contributed by atoms with Gasteiger partial charge in [-0.1, -0.05) is 26.0 Å². The van der Waals surface area contributed by atoms with Crippen molar-refractivity contribution in [2.75, 3.05) is 11.9 Å². The van der Waals surface area contributed by atoms with E-state index in [0.29, 0.717) is 16.7 Å². The summed E-state index contributed by atoms with van der Waals surface area (Å²) in [7, 11) is -1.40. The molecule has 1 fully saturated rings. The molecule has 0 bridgehead atoms. The zero-order chi connectivity index (χ0) is 15.7. The second kappa shape index (κ2) is 5.82. The normalized spacial score (nSPS) is 23.8. The molecule has 116 valence electrons. The van der Waals surface area contributed by atoms with Crippen LogP contribution in [-0.2, 0) is 11.0 Å². The number of benzene rings is 1. The van der Waals surface area contributed by atoms with Crippen molar-refractivity contribution in [2.24, 2.45) is 16.5 Å². The van der Waals surface area contributed by atoms with Crippen LogP contribution >= 0.6 is 0 Å². The van der Waals surface area contributed by atoms with Crippen molar-refractivity contribution in [3.8, 4) is 0 Å². The number of nitrogens with one attached hydrogen (secondary N) is 1. The topological polar surface area (TPSA) is 68.0 Å². The number of hydrogen-bond acceptors (Lipinski definition) is 3. The molecule has 3 N–H and O–H groups in total. The first kappa shape index (κ1) is 15.2. The molecule has 1 aliphatic carbocycles. The van der Waals surface area contributed by atoms with E-state index >= 15 is 0 Å². The molecule has 1 heterocycles. The first-order chi connectivity index (χ1) is 10.5. The molecule has 1 saturated carbocycles. The molecule has 5 heteroatoms. The summed E-state index contributed by atoms with van der Waals surface area (Å²) in [6.07, 6.45) is 3.59. The summed E-state index contributed by atoms with van der Waals surface area (Å²) in [6.45, 7) is 5.53. The predicted octanol–water partition coefficient (Wildman–Crippen LogP) is 2.91. The molecule has 1 aromatic carbocycles. The third-order valence-corrected chi connectivity index (χ3v) is 5.47. The fraction of sp³-hybridized carbons (Fsp3) is 0.353. The molecule has 0 aliphatic heterocycles. The number of aromatic nitrogens is 1. The molecule has 1 aromatic heterocycles. The molecule has 3 unspecified atom stereocenters. The van der Waals surface area contributed by atoms with Crippen LogP contribution in [0.1, 0.15) is 25.3 Å². The van der Waals surface area contributed by atoms with Crippen LogP contribution in [0.5, 0.6) is 0 Å². The van der Waals surface area contributed by atoms with E-state index in [4.69, 9.17) is 5.14 Å². The highest BCUT2D eigenvalue weighted by Crippen LogP contribution is 2.64. The second-order valence-corrected chi connectivity index (χ2v) is 7.45. The Hall–Kier alpha value is -1.72. The zero-order valence-corrected chi connectivity index (χ0v) is 13.6. The van der Waals surface area contributed by atoms with Crippen molar-refractivity contribution in [2.45, 2.75) is 24.7 Å². The Morgan fingerprint density at radius 2 is 1.82 bits per heavy atom. The summed E-state index contributed by atoms with van der Waals surface area (Å²) >= 11 is 0. The van der Waals surface area contributed by atoms with Crippen molar-refractivity contribution in [1.29, 1.82) is 0 Å². The van der Waals surface area contributed by atoms with Gasteiger partial charge in [0.1, 0.15) is 11.0 Å². The Balaban J connectivity index is 1.68. The lowest BCUT2D eigenvalue weighted by molar-refractivity contribution is 0.565. The number of nitrogens with two attached hydrogens (primary N) is 1. The summed E-state index contributed by atoms with van der Waals surface area (Å²) in [6, 6.07) is 11.8. The summed E-state index contributed by atoms with van der Waals surface area (Å²) in [5.74, 6) is 1.09. The fourth-order valence-electron chi connectivity index (χ4n) is 3.29. The number of rotatable bonds is 5. The lowest BCUT2D eigenvalue weighted by Gasteiger charge is -2.06. The van der Waals surface area contributed by atoms with Crippen LogP contribution in [0.3, 0.4) is 0 Å². The van der Waals surface area contributed by atoms with E-state index in [0.717, 1.165) is 12.2 Å². The molecule has 22 heavy (non-hydrogen) atoms. The molecule has 0 saturated heterocycles. The standard InChI is InChI=1S/C17H21N3OS/c1-17(2)15(11-20-13-7-9-19-10-8-13)16(17)12-3-5-14(6-4-12)22(18)21/h3-10,15-16H,11,18H2,1-2H3,(H,19,20). The smallest absolute Gasteiger partial charge is 0.122 e. The molecular formula is C17H21N3OS. The third-order valence-electron chi connectivity index (χ3n) is 4.73. The van der Waals surface area contributed by atoms with E-state index in [1.54, 1.807) is 12.4 Å². The molecule has 0 radical (unpaired) electrons.